The Bertz CT molecular complexity index is 1390. The lowest BCUT2D eigenvalue weighted by Crippen LogP contribution is -2.27. The maximum atomic E-state index is 12.9. The lowest BCUT2D eigenvalue weighted by molar-refractivity contribution is 0.243. The fourth-order valence-corrected chi connectivity index (χ4v) is 6.05. The van der Waals surface area contributed by atoms with Gasteiger partial charge >= 0.3 is 0 Å². The van der Waals surface area contributed by atoms with Crippen molar-refractivity contribution in [2.75, 3.05) is 23.7 Å². The number of benzene rings is 2. The molecule has 1 fully saturated rings. The van der Waals surface area contributed by atoms with Crippen LogP contribution < -0.4 is 20.7 Å². The van der Waals surface area contributed by atoms with Crippen molar-refractivity contribution in [1.82, 2.24) is 15.3 Å². The number of piperidine rings is 1. The average Bonchev–Trinajstić information content (AvgIpc) is 2.88. The Morgan fingerprint density at radius 3 is 2.45 bits per heavy atom. The Hall–Kier alpha value is -2.69. The summed E-state index contributed by atoms with van der Waals surface area (Å²) in [5.74, 6) is 2.07. The summed E-state index contributed by atoms with van der Waals surface area (Å²) in [5, 5.41) is 9.40. The van der Waals surface area contributed by atoms with Gasteiger partial charge in [-0.1, -0.05) is 12.1 Å². The Morgan fingerprint density at radius 2 is 1.76 bits per heavy atom. The zero-order chi connectivity index (χ0) is 27.4. The molecule has 38 heavy (non-hydrogen) atoms. The van der Waals surface area contributed by atoms with E-state index in [1.165, 1.54) is 11.1 Å². The molecule has 0 unspecified atom stereocenters. The molecule has 0 amide bonds. The van der Waals surface area contributed by atoms with Gasteiger partial charge in [0, 0.05) is 6.20 Å². The van der Waals surface area contributed by atoms with Crippen LogP contribution in [-0.2, 0) is 9.84 Å². The van der Waals surface area contributed by atoms with Crippen LogP contribution in [0.15, 0.2) is 52.0 Å². The molecule has 1 aliphatic heterocycles. The number of aromatic nitrogens is 2. The molecular formula is C28H36BrN5O3S. The van der Waals surface area contributed by atoms with Crippen LogP contribution in [0.2, 0.25) is 0 Å². The van der Waals surface area contributed by atoms with Gasteiger partial charge in [0.05, 0.1) is 32.1 Å². The van der Waals surface area contributed by atoms with Crippen LogP contribution in [0.4, 0.5) is 23.1 Å². The first-order chi connectivity index (χ1) is 18.1. The molecule has 0 saturated carbocycles. The number of para-hydroxylation sites is 1. The number of hydrogen-bond donors (Lipinski definition) is 3. The highest BCUT2D eigenvalue weighted by Gasteiger charge is 2.24. The summed E-state index contributed by atoms with van der Waals surface area (Å²) in [7, 11) is -3.49. The number of hydrogen-bond acceptors (Lipinski definition) is 8. The number of nitrogens with zero attached hydrogens (tertiary/aromatic N) is 2. The Morgan fingerprint density at radius 1 is 1.05 bits per heavy atom. The molecule has 1 aliphatic rings. The summed E-state index contributed by atoms with van der Waals surface area (Å²) in [6.45, 7) is 11.5. The minimum Gasteiger partial charge on any atom is -0.489 e. The molecule has 2 heterocycles. The SMILES string of the molecule is Cc1cc(Nc2ncc(Br)c(Nc3ccccc3S(=O)(=O)C(C)C)n2)c(OC(C)C)cc1C1CCNCC1. The molecule has 8 nitrogen and oxygen atoms in total. The predicted molar refractivity (Wildman–Crippen MR) is 157 cm³/mol. The molecule has 0 atom stereocenters. The third-order valence-electron chi connectivity index (χ3n) is 6.57. The van der Waals surface area contributed by atoms with Gasteiger partial charge in [-0.2, -0.15) is 4.98 Å². The van der Waals surface area contributed by atoms with Crippen LogP contribution >= 0.6 is 15.9 Å². The highest BCUT2D eigenvalue weighted by Crippen LogP contribution is 2.37. The second-order valence-corrected chi connectivity index (χ2v) is 13.5. The van der Waals surface area contributed by atoms with E-state index in [0.29, 0.717) is 27.8 Å². The van der Waals surface area contributed by atoms with Crippen molar-refractivity contribution in [3.8, 4) is 5.75 Å². The maximum absolute atomic E-state index is 12.9. The topological polar surface area (TPSA) is 105 Å². The summed E-state index contributed by atoms with van der Waals surface area (Å²) in [6.07, 6.45) is 3.85. The smallest absolute Gasteiger partial charge is 0.229 e. The molecule has 3 aromatic rings. The molecular weight excluding hydrogens is 566 g/mol. The van der Waals surface area contributed by atoms with Gasteiger partial charge in [0.2, 0.25) is 5.95 Å². The summed E-state index contributed by atoms with van der Waals surface area (Å²) >= 11 is 3.50. The molecule has 4 rings (SSSR count). The fourth-order valence-electron chi connectivity index (χ4n) is 4.56. The molecule has 10 heteroatoms. The first kappa shape index (κ1) is 28.3. The predicted octanol–water partition coefficient (Wildman–Crippen LogP) is 6.47. The van der Waals surface area contributed by atoms with Gasteiger partial charge in [-0.25, -0.2) is 13.4 Å². The molecule has 1 saturated heterocycles. The van der Waals surface area contributed by atoms with Gasteiger partial charge in [0.1, 0.15) is 11.6 Å². The maximum Gasteiger partial charge on any atom is 0.229 e. The van der Waals surface area contributed by atoms with E-state index in [1.807, 2.05) is 13.8 Å². The zero-order valence-corrected chi connectivity index (χ0v) is 24.9. The van der Waals surface area contributed by atoms with E-state index in [-0.39, 0.29) is 11.0 Å². The fraction of sp³-hybridized carbons (Fsp3) is 0.429. The van der Waals surface area contributed by atoms with Gasteiger partial charge < -0.3 is 20.7 Å². The Labute approximate surface area is 234 Å². The quantitative estimate of drug-likeness (QED) is 0.256. The lowest BCUT2D eigenvalue weighted by Gasteiger charge is -2.26. The van der Waals surface area contributed by atoms with E-state index < -0.39 is 15.1 Å². The number of sulfone groups is 1. The molecule has 2 aromatic carbocycles. The number of anilines is 4. The number of halogens is 1. The van der Waals surface area contributed by atoms with Gasteiger partial charge in [-0.3, -0.25) is 0 Å². The minimum absolute atomic E-state index is 0.00148. The monoisotopic (exact) mass is 601 g/mol. The van der Waals surface area contributed by atoms with Gasteiger partial charge in [0.15, 0.2) is 9.84 Å². The Kier molecular flexibility index (Phi) is 8.95. The van der Waals surface area contributed by atoms with Crippen molar-refractivity contribution in [2.24, 2.45) is 0 Å². The van der Waals surface area contributed by atoms with Gasteiger partial charge in [0.25, 0.3) is 0 Å². The van der Waals surface area contributed by atoms with Gasteiger partial charge in [-0.15, -0.1) is 0 Å². The van der Waals surface area contributed by atoms with Crippen molar-refractivity contribution in [3.63, 3.8) is 0 Å². The van der Waals surface area contributed by atoms with Crippen molar-refractivity contribution in [1.29, 1.82) is 0 Å². The average molecular weight is 603 g/mol. The van der Waals surface area contributed by atoms with Crippen molar-refractivity contribution in [3.05, 3.63) is 58.2 Å². The van der Waals surface area contributed by atoms with E-state index in [9.17, 15) is 8.42 Å². The van der Waals surface area contributed by atoms with Crippen LogP contribution in [0.3, 0.4) is 0 Å². The Balaban J connectivity index is 1.66. The van der Waals surface area contributed by atoms with E-state index in [4.69, 9.17) is 4.74 Å². The van der Waals surface area contributed by atoms with Crippen molar-refractivity contribution < 1.29 is 13.2 Å². The van der Waals surface area contributed by atoms with Crippen LogP contribution in [0.25, 0.3) is 0 Å². The highest BCUT2D eigenvalue weighted by atomic mass is 79.9. The summed E-state index contributed by atoms with van der Waals surface area (Å²) < 4.78 is 32.7. The first-order valence-corrected chi connectivity index (χ1v) is 15.3. The number of ether oxygens (including phenoxy) is 1. The van der Waals surface area contributed by atoms with Crippen molar-refractivity contribution >= 4 is 48.9 Å². The van der Waals surface area contributed by atoms with E-state index >= 15 is 0 Å². The minimum atomic E-state index is -3.49. The molecule has 0 radical (unpaired) electrons. The lowest BCUT2D eigenvalue weighted by atomic mass is 9.87. The normalized spacial score (nSPS) is 14.6. The second kappa shape index (κ2) is 12.0. The third-order valence-corrected chi connectivity index (χ3v) is 9.36. The van der Waals surface area contributed by atoms with E-state index in [2.05, 4.69) is 60.9 Å². The molecule has 1 aromatic heterocycles. The molecule has 0 aliphatic carbocycles. The van der Waals surface area contributed by atoms with E-state index in [1.54, 1.807) is 44.3 Å². The molecule has 0 spiro atoms. The standard InChI is InChI=1S/C28H36BrN5O3S/c1-17(2)37-25-15-21(20-10-12-30-13-11-20)19(5)14-24(25)33-28-31-16-22(29)27(34-28)32-23-8-6-7-9-26(23)38(35,36)18(3)4/h6-9,14-18,20,30H,10-13H2,1-5H3,(H2,31,32,33,34). The van der Waals surface area contributed by atoms with Crippen LogP contribution in [0.5, 0.6) is 5.75 Å². The number of aryl methyl sites for hydroxylation is 1. The number of rotatable bonds is 9. The number of nitrogens with one attached hydrogen (secondary N) is 3. The van der Waals surface area contributed by atoms with Crippen LogP contribution in [0, 0.1) is 6.92 Å². The molecule has 204 valence electrons. The van der Waals surface area contributed by atoms with Crippen molar-refractivity contribution in [2.45, 2.75) is 69.6 Å². The molecule has 0 bridgehead atoms. The summed E-state index contributed by atoms with van der Waals surface area (Å²) in [4.78, 5) is 9.33. The van der Waals surface area contributed by atoms with Crippen LogP contribution in [0.1, 0.15) is 57.6 Å². The van der Waals surface area contributed by atoms with E-state index in [0.717, 1.165) is 37.4 Å². The first-order valence-electron chi connectivity index (χ1n) is 13.0. The second-order valence-electron chi connectivity index (χ2n) is 10.1. The highest BCUT2D eigenvalue weighted by molar-refractivity contribution is 9.10. The zero-order valence-electron chi connectivity index (χ0n) is 22.5. The van der Waals surface area contributed by atoms with Crippen LogP contribution in [-0.4, -0.2) is 42.8 Å². The summed E-state index contributed by atoms with van der Waals surface area (Å²) in [5.41, 5.74) is 3.75. The largest absolute Gasteiger partial charge is 0.489 e. The summed E-state index contributed by atoms with van der Waals surface area (Å²) in [6, 6.07) is 11.1. The molecule has 3 N–H and O–H groups in total. The third kappa shape index (κ3) is 6.47. The van der Waals surface area contributed by atoms with Gasteiger partial charge in [-0.05, 0) is 118 Å².